The lowest BCUT2D eigenvalue weighted by atomic mass is 10.1. The Morgan fingerprint density at radius 2 is 1.95 bits per heavy atom. The molecule has 112 valence electrons. The third-order valence-corrected chi connectivity index (χ3v) is 3.51. The second-order valence-electron chi connectivity index (χ2n) is 5.70. The van der Waals surface area contributed by atoms with E-state index in [0.717, 1.165) is 32.0 Å². The van der Waals surface area contributed by atoms with Gasteiger partial charge in [0, 0.05) is 26.7 Å². The van der Waals surface area contributed by atoms with Gasteiger partial charge in [-0.1, -0.05) is 13.8 Å². The van der Waals surface area contributed by atoms with Gasteiger partial charge in [-0.05, 0) is 25.2 Å². The topological polar surface area (TPSA) is 83.2 Å². The summed E-state index contributed by atoms with van der Waals surface area (Å²) in [5, 5.41) is 0. The van der Waals surface area contributed by atoms with Gasteiger partial charge in [-0.2, -0.15) is 15.0 Å². The quantitative estimate of drug-likeness (QED) is 0.598. The molecule has 1 saturated heterocycles. The molecule has 7 nitrogen and oxygen atoms in total. The molecule has 1 aromatic heterocycles. The summed E-state index contributed by atoms with van der Waals surface area (Å²) in [6.45, 7) is 7.35. The summed E-state index contributed by atoms with van der Waals surface area (Å²) in [5.74, 6) is 7.95. The summed E-state index contributed by atoms with van der Waals surface area (Å²) >= 11 is 0. The molecule has 1 aliphatic heterocycles. The molecular formula is C13H25N7. The van der Waals surface area contributed by atoms with Gasteiger partial charge < -0.3 is 9.80 Å². The van der Waals surface area contributed by atoms with Gasteiger partial charge in [0.25, 0.3) is 0 Å². The summed E-state index contributed by atoms with van der Waals surface area (Å²) < 4.78 is 0. The summed E-state index contributed by atoms with van der Waals surface area (Å²) in [4.78, 5) is 17.5. The van der Waals surface area contributed by atoms with Crippen LogP contribution in [0.25, 0.3) is 0 Å². The molecule has 0 radical (unpaired) electrons. The van der Waals surface area contributed by atoms with Crippen molar-refractivity contribution in [1.29, 1.82) is 0 Å². The van der Waals surface area contributed by atoms with Crippen LogP contribution in [0.5, 0.6) is 0 Å². The van der Waals surface area contributed by atoms with E-state index >= 15 is 0 Å². The number of aromatic nitrogens is 3. The Bertz CT molecular complexity index is 429. The van der Waals surface area contributed by atoms with Crippen LogP contribution in [0.2, 0.25) is 0 Å². The average molecular weight is 279 g/mol. The summed E-state index contributed by atoms with van der Waals surface area (Å²) in [6.07, 6.45) is 3.48. The zero-order valence-electron chi connectivity index (χ0n) is 12.6. The molecule has 3 N–H and O–H groups in total. The van der Waals surface area contributed by atoms with Gasteiger partial charge in [-0.3, -0.25) is 5.43 Å². The predicted molar refractivity (Wildman–Crippen MR) is 81.8 cm³/mol. The lowest BCUT2D eigenvalue weighted by molar-refractivity contribution is 0.581. The molecule has 0 unspecified atom stereocenters. The second kappa shape index (κ2) is 6.69. The summed E-state index contributed by atoms with van der Waals surface area (Å²) in [5.41, 5.74) is 2.54. The first-order valence-corrected chi connectivity index (χ1v) is 7.29. The van der Waals surface area contributed by atoms with Gasteiger partial charge in [-0.15, -0.1) is 0 Å². The number of nitrogen functional groups attached to an aromatic ring is 1. The number of nitrogens with zero attached hydrogens (tertiary/aromatic N) is 5. The largest absolute Gasteiger partial charge is 0.344 e. The molecule has 20 heavy (non-hydrogen) atoms. The fourth-order valence-corrected chi connectivity index (χ4v) is 2.20. The van der Waals surface area contributed by atoms with E-state index in [4.69, 9.17) is 5.84 Å². The monoisotopic (exact) mass is 279 g/mol. The molecule has 0 amide bonds. The van der Waals surface area contributed by atoms with Crippen LogP contribution in [0.3, 0.4) is 0 Å². The van der Waals surface area contributed by atoms with E-state index in [1.165, 1.54) is 12.8 Å². The number of nitrogens with one attached hydrogen (secondary N) is 1. The van der Waals surface area contributed by atoms with Crippen LogP contribution in [0.4, 0.5) is 17.8 Å². The third kappa shape index (κ3) is 3.69. The number of hydrazine groups is 1. The highest BCUT2D eigenvalue weighted by Gasteiger charge is 2.18. The van der Waals surface area contributed by atoms with Crippen LogP contribution in [-0.4, -0.2) is 41.6 Å². The molecule has 0 aliphatic carbocycles. The van der Waals surface area contributed by atoms with Gasteiger partial charge in [-0.25, -0.2) is 5.84 Å². The number of anilines is 3. The fourth-order valence-electron chi connectivity index (χ4n) is 2.20. The molecule has 0 aromatic carbocycles. The van der Waals surface area contributed by atoms with Crippen LogP contribution >= 0.6 is 0 Å². The number of rotatable bonds is 6. The lowest BCUT2D eigenvalue weighted by Crippen LogP contribution is -2.27. The average Bonchev–Trinajstić information content (AvgIpc) is 2.98. The molecule has 2 heterocycles. The van der Waals surface area contributed by atoms with Crippen molar-refractivity contribution in [3.8, 4) is 0 Å². The van der Waals surface area contributed by atoms with Crippen molar-refractivity contribution >= 4 is 17.8 Å². The summed E-state index contributed by atoms with van der Waals surface area (Å²) in [6, 6.07) is 0. The van der Waals surface area contributed by atoms with E-state index in [1.807, 2.05) is 7.05 Å². The zero-order chi connectivity index (χ0) is 14.5. The van der Waals surface area contributed by atoms with Gasteiger partial charge in [0.15, 0.2) is 0 Å². The molecule has 2 rings (SSSR count). The fraction of sp³-hybridized carbons (Fsp3) is 0.769. The highest BCUT2D eigenvalue weighted by molar-refractivity contribution is 5.44. The Labute approximate surface area is 120 Å². The van der Waals surface area contributed by atoms with Crippen LogP contribution < -0.4 is 21.1 Å². The lowest BCUT2D eigenvalue weighted by Gasteiger charge is -2.21. The second-order valence-corrected chi connectivity index (χ2v) is 5.70. The van der Waals surface area contributed by atoms with Crippen molar-refractivity contribution in [2.24, 2.45) is 11.8 Å². The van der Waals surface area contributed by atoms with Gasteiger partial charge >= 0.3 is 0 Å². The molecule has 0 atom stereocenters. The minimum absolute atomic E-state index is 0.424. The van der Waals surface area contributed by atoms with Crippen LogP contribution in [0, 0.1) is 5.92 Å². The van der Waals surface area contributed by atoms with E-state index in [1.54, 1.807) is 0 Å². The number of hydrogen-bond donors (Lipinski definition) is 2. The Balaban J connectivity index is 2.16. The van der Waals surface area contributed by atoms with Gasteiger partial charge in [0.2, 0.25) is 17.8 Å². The molecule has 0 saturated carbocycles. The van der Waals surface area contributed by atoms with Gasteiger partial charge in [0.1, 0.15) is 0 Å². The normalized spacial score (nSPS) is 14.9. The molecule has 0 spiro atoms. The van der Waals surface area contributed by atoms with E-state index in [2.05, 4.69) is 44.0 Å². The SMILES string of the molecule is CC(C)CCN(C)c1nc(NN)nc(N2CCCC2)n1. The summed E-state index contributed by atoms with van der Waals surface area (Å²) in [7, 11) is 2.01. The first kappa shape index (κ1) is 14.8. The smallest absolute Gasteiger partial charge is 0.243 e. The van der Waals surface area contributed by atoms with Crippen LogP contribution in [0.1, 0.15) is 33.1 Å². The Morgan fingerprint density at radius 1 is 1.25 bits per heavy atom. The molecule has 1 aliphatic rings. The zero-order valence-corrected chi connectivity index (χ0v) is 12.6. The predicted octanol–water partition coefficient (Wildman–Crippen LogP) is 1.24. The number of hydrogen-bond acceptors (Lipinski definition) is 7. The minimum Gasteiger partial charge on any atom is -0.344 e. The van der Waals surface area contributed by atoms with Gasteiger partial charge in [0.05, 0.1) is 0 Å². The van der Waals surface area contributed by atoms with E-state index in [9.17, 15) is 0 Å². The maximum absolute atomic E-state index is 5.47. The van der Waals surface area contributed by atoms with E-state index in [0.29, 0.717) is 17.8 Å². The standard InChI is InChI=1S/C13H25N7/c1-10(2)6-9-19(3)12-15-11(18-14)16-13(17-12)20-7-4-5-8-20/h10H,4-9,14H2,1-3H3,(H,15,16,17,18). The Morgan fingerprint density at radius 3 is 2.55 bits per heavy atom. The third-order valence-electron chi connectivity index (χ3n) is 3.51. The molecule has 1 fully saturated rings. The highest BCUT2D eigenvalue weighted by atomic mass is 15.4. The molecule has 0 bridgehead atoms. The van der Waals surface area contributed by atoms with Crippen molar-refractivity contribution in [3.05, 3.63) is 0 Å². The van der Waals surface area contributed by atoms with Crippen LogP contribution in [0.15, 0.2) is 0 Å². The first-order chi connectivity index (χ1) is 9.60. The van der Waals surface area contributed by atoms with E-state index in [-0.39, 0.29) is 0 Å². The Kier molecular flexibility index (Phi) is 4.94. The van der Waals surface area contributed by atoms with Crippen molar-refractivity contribution in [3.63, 3.8) is 0 Å². The number of nitrogens with two attached hydrogens (primary N) is 1. The maximum Gasteiger partial charge on any atom is 0.243 e. The van der Waals surface area contributed by atoms with Crippen molar-refractivity contribution in [2.45, 2.75) is 33.1 Å². The first-order valence-electron chi connectivity index (χ1n) is 7.29. The van der Waals surface area contributed by atoms with Crippen molar-refractivity contribution < 1.29 is 0 Å². The molecule has 1 aromatic rings. The van der Waals surface area contributed by atoms with Crippen molar-refractivity contribution in [2.75, 3.05) is 41.9 Å². The van der Waals surface area contributed by atoms with Crippen molar-refractivity contribution in [1.82, 2.24) is 15.0 Å². The molecular weight excluding hydrogens is 254 g/mol. The highest BCUT2D eigenvalue weighted by Crippen LogP contribution is 2.19. The maximum atomic E-state index is 5.47. The minimum atomic E-state index is 0.424. The molecule has 7 heteroatoms. The van der Waals surface area contributed by atoms with Crippen LogP contribution in [-0.2, 0) is 0 Å². The van der Waals surface area contributed by atoms with E-state index < -0.39 is 0 Å². The Hall–Kier alpha value is -1.63.